The molecule has 4 aliphatic rings. The Labute approximate surface area is 243 Å². The highest BCUT2D eigenvalue weighted by Gasteiger charge is 2.57. The minimum absolute atomic E-state index is 0.00480. The summed E-state index contributed by atoms with van der Waals surface area (Å²) in [5.41, 5.74) is 2.82. The Kier molecular flexibility index (Phi) is 7.67. The van der Waals surface area contributed by atoms with Crippen LogP contribution in [0.5, 0.6) is 11.5 Å². The van der Waals surface area contributed by atoms with Gasteiger partial charge in [-0.05, 0) is 51.8 Å². The molecule has 6 unspecified atom stereocenters. The number of aliphatic hydroxyl groups excluding tert-OH is 1. The molecule has 1 aromatic rings. The van der Waals surface area contributed by atoms with E-state index in [1.807, 2.05) is 24.9 Å². The van der Waals surface area contributed by atoms with E-state index in [0.717, 1.165) is 11.1 Å². The number of benzene rings is 1. The Morgan fingerprint density at radius 2 is 1.81 bits per heavy atom. The predicted octanol–water partition coefficient (Wildman–Crippen LogP) is 0.818. The number of allylic oxidation sites excluding steroid dienone is 2. The Morgan fingerprint density at radius 1 is 1.12 bits per heavy atom. The van der Waals surface area contributed by atoms with E-state index in [9.17, 15) is 29.4 Å². The maximum atomic E-state index is 13.8. The maximum Gasteiger partial charge on any atom is 0.328 e. The second kappa shape index (κ2) is 10.8. The van der Waals surface area contributed by atoms with Crippen LogP contribution in [0.4, 0.5) is 0 Å². The summed E-state index contributed by atoms with van der Waals surface area (Å²) in [5.74, 6) is -1.75. The first-order chi connectivity index (χ1) is 19.8. The Morgan fingerprint density at radius 3 is 2.43 bits per heavy atom. The zero-order chi connectivity index (χ0) is 30.8. The van der Waals surface area contributed by atoms with Crippen LogP contribution in [-0.2, 0) is 35.1 Å². The number of nitrogens with zero attached hydrogens (tertiary/aromatic N) is 2. The van der Waals surface area contributed by atoms with Crippen molar-refractivity contribution in [3.05, 3.63) is 45.2 Å². The van der Waals surface area contributed by atoms with Gasteiger partial charge in [-0.25, -0.2) is 4.79 Å². The largest absolute Gasteiger partial charge is 0.504 e. The summed E-state index contributed by atoms with van der Waals surface area (Å²) < 4.78 is 16.5. The molecule has 1 aromatic carbocycles. The van der Waals surface area contributed by atoms with Gasteiger partial charge in [0.25, 0.3) is 0 Å². The van der Waals surface area contributed by atoms with Gasteiger partial charge >= 0.3 is 5.97 Å². The highest BCUT2D eigenvalue weighted by Crippen LogP contribution is 2.53. The van der Waals surface area contributed by atoms with Crippen molar-refractivity contribution in [3.63, 3.8) is 0 Å². The van der Waals surface area contributed by atoms with E-state index in [1.54, 1.807) is 4.90 Å². The van der Waals surface area contributed by atoms with E-state index < -0.39 is 54.1 Å². The number of aliphatic hydroxyl groups is 1. The van der Waals surface area contributed by atoms with Crippen LogP contribution in [0, 0.1) is 6.92 Å². The first-order valence-electron chi connectivity index (χ1n) is 13.9. The summed E-state index contributed by atoms with van der Waals surface area (Å²) in [5, 5.41) is 25.8. The number of nitrogens with one attached hydrogen (secondary N) is 1. The summed E-state index contributed by atoms with van der Waals surface area (Å²) in [6, 6.07) is -1.50. The van der Waals surface area contributed by atoms with Crippen LogP contribution in [-0.4, -0.2) is 102 Å². The SMILES string of the molecule is COC1=C(C)C(=O)C2=C(C1=O)C(COC(=O)C(C)NC(C)=O)N1C(O)C3Cc4cc(C)c(OC)c(O)c4C(C1C2)N3C. The van der Waals surface area contributed by atoms with Crippen molar-refractivity contribution in [2.24, 2.45) is 0 Å². The molecule has 1 fully saturated rings. The standard InChI is InChI=1S/C30H37N3O9/c1-12-8-16-9-19-29(38)33-18(23(32(19)5)21(16)25(36)27(12)40-6)10-17-22(26(37)28(41-7)13(2)24(17)35)20(33)11-42-30(39)14(3)31-15(4)34/h8,14,18-20,23,29,36,38H,9-11H2,1-7H3,(H,31,34). The number of likely N-dealkylation sites (N-methyl/N-ethyl adjacent to an activating group) is 1. The van der Waals surface area contributed by atoms with Crippen LogP contribution < -0.4 is 10.1 Å². The number of carbonyl (C=O) groups is 4. The second-order valence-electron chi connectivity index (χ2n) is 11.4. The number of piperazine rings is 1. The van der Waals surface area contributed by atoms with Gasteiger partial charge in [-0.15, -0.1) is 0 Å². The quantitative estimate of drug-likeness (QED) is 0.322. The number of Topliss-reactive ketones (excluding diaryl/α,β-unsaturated/α-hetero) is 2. The highest BCUT2D eigenvalue weighted by molar-refractivity contribution is 6.25. The van der Waals surface area contributed by atoms with Crippen LogP contribution in [0.2, 0.25) is 0 Å². The molecule has 226 valence electrons. The molecule has 0 saturated carbocycles. The molecule has 0 aromatic heterocycles. The number of aryl methyl sites for hydroxylation is 1. The summed E-state index contributed by atoms with van der Waals surface area (Å²) in [6.45, 7) is 5.78. The number of fused-ring (bicyclic) bond motifs is 6. The smallest absolute Gasteiger partial charge is 0.328 e. The molecule has 42 heavy (non-hydrogen) atoms. The zero-order valence-electron chi connectivity index (χ0n) is 24.8. The molecule has 3 N–H and O–H groups in total. The number of aromatic hydroxyl groups is 1. The molecule has 2 bridgehead atoms. The van der Waals surface area contributed by atoms with E-state index in [0.29, 0.717) is 17.7 Å². The molecule has 1 aliphatic carbocycles. The van der Waals surface area contributed by atoms with Gasteiger partial charge in [0.2, 0.25) is 11.7 Å². The summed E-state index contributed by atoms with van der Waals surface area (Å²) >= 11 is 0. The predicted molar refractivity (Wildman–Crippen MR) is 148 cm³/mol. The van der Waals surface area contributed by atoms with Gasteiger partial charge in [0.05, 0.1) is 32.3 Å². The number of esters is 1. The van der Waals surface area contributed by atoms with Crippen molar-refractivity contribution >= 4 is 23.4 Å². The van der Waals surface area contributed by atoms with Gasteiger partial charge in [-0.2, -0.15) is 0 Å². The molecule has 1 amide bonds. The van der Waals surface area contributed by atoms with E-state index in [1.165, 1.54) is 35.0 Å². The van der Waals surface area contributed by atoms with E-state index in [2.05, 4.69) is 5.32 Å². The number of ether oxygens (including phenoxy) is 3. The van der Waals surface area contributed by atoms with Crippen molar-refractivity contribution in [1.82, 2.24) is 15.1 Å². The minimum atomic E-state index is -1.11. The molecule has 0 spiro atoms. The minimum Gasteiger partial charge on any atom is -0.504 e. The second-order valence-corrected chi connectivity index (χ2v) is 11.4. The Hall–Kier alpha value is -3.74. The van der Waals surface area contributed by atoms with Crippen LogP contribution in [0.25, 0.3) is 0 Å². The lowest BCUT2D eigenvalue weighted by molar-refractivity contribution is -0.178. The third kappa shape index (κ3) is 4.40. The van der Waals surface area contributed by atoms with Gasteiger partial charge in [-0.1, -0.05) is 6.07 Å². The number of phenols is 1. The third-order valence-electron chi connectivity index (χ3n) is 9.05. The lowest BCUT2D eigenvalue weighted by Crippen LogP contribution is -2.71. The van der Waals surface area contributed by atoms with Crippen molar-refractivity contribution in [2.45, 2.75) is 77.0 Å². The Balaban J connectivity index is 1.64. The van der Waals surface area contributed by atoms with Crippen LogP contribution in [0.15, 0.2) is 28.5 Å². The number of hydrogen-bond acceptors (Lipinski definition) is 11. The lowest BCUT2D eigenvalue weighted by atomic mass is 9.71. The number of methoxy groups -OCH3 is 2. The maximum absolute atomic E-state index is 13.8. The van der Waals surface area contributed by atoms with Crippen molar-refractivity contribution in [1.29, 1.82) is 0 Å². The van der Waals surface area contributed by atoms with Crippen LogP contribution in [0.1, 0.15) is 49.9 Å². The number of phenolic OH excluding ortho intramolecular Hbond substituents is 1. The highest BCUT2D eigenvalue weighted by atomic mass is 16.5. The van der Waals surface area contributed by atoms with Crippen molar-refractivity contribution < 1.29 is 43.6 Å². The number of amides is 1. The first-order valence-corrected chi connectivity index (χ1v) is 13.9. The number of rotatable bonds is 6. The first kappa shape index (κ1) is 29.7. The molecule has 6 atom stereocenters. The average molecular weight is 584 g/mol. The fourth-order valence-electron chi connectivity index (χ4n) is 7.23. The fourth-order valence-corrected chi connectivity index (χ4v) is 7.23. The summed E-state index contributed by atoms with van der Waals surface area (Å²) in [7, 11) is 4.66. The number of ketones is 2. The van der Waals surface area contributed by atoms with Gasteiger partial charge in [0, 0.05) is 35.2 Å². The molecule has 3 heterocycles. The normalized spacial score (nSPS) is 28.0. The van der Waals surface area contributed by atoms with Gasteiger partial charge in [-0.3, -0.25) is 24.2 Å². The molecule has 0 radical (unpaired) electrons. The van der Waals surface area contributed by atoms with E-state index in [4.69, 9.17) is 14.2 Å². The van der Waals surface area contributed by atoms with Gasteiger partial charge in [0.15, 0.2) is 23.0 Å². The number of hydrogen-bond donors (Lipinski definition) is 3. The molecular formula is C30H37N3O9. The monoisotopic (exact) mass is 583 g/mol. The molecule has 12 heteroatoms. The molecule has 12 nitrogen and oxygen atoms in total. The molecule has 1 saturated heterocycles. The van der Waals surface area contributed by atoms with Gasteiger partial charge < -0.3 is 29.7 Å². The van der Waals surface area contributed by atoms with Crippen LogP contribution >= 0.6 is 0 Å². The van der Waals surface area contributed by atoms with E-state index in [-0.39, 0.29) is 47.0 Å². The molecular weight excluding hydrogens is 546 g/mol. The third-order valence-corrected chi connectivity index (χ3v) is 9.05. The fraction of sp³-hybridized carbons (Fsp3) is 0.533. The summed E-state index contributed by atoms with van der Waals surface area (Å²) in [4.78, 5) is 55.5. The Bertz CT molecular complexity index is 1450. The summed E-state index contributed by atoms with van der Waals surface area (Å²) in [6.07, 6.45) is -0.604. The van der Waals surface area contributed by atoms with Crippen molar-refractivity contribution in [3.8, 4) is 11.5 Å². The van der Waals surface area contributed by atoms with E-state index >= 15 is 0 Å². The zero-order valence-corrected chi connectivity index (χ0v) is 24.8. The number of carbonyl (C=O) groups excluding carboxylic acids is 4. The average Bonchev–Trinajstić information content (AvgIpc) is 2.93. The van der Waals surface area contributed by atoms with Crippen molar-refractivity contribution in [2.75, 3.05) is 27.9 Å². The van der Waals surface area contributed by atoms with Crippen LogP contribution in [0.3, 0.4) is 0 Å². The molecule has 5 rings (SSSR count). The lowest BCUT2D eigenvalue weighted by Gasteiger charge is -2.60. The topological polar surface area (TPSA) is 155 Å². The molecule has 3 aliphatic heterocycles. The van der Waals surface area contributed by atoms with Gasteiger partial charge in [0.1, 0.15) is 18.9 Å².